The summed E-state index contributed by atoms with van der Waals surface area (Å²) in [4.78, 5) is 14.7. The van der Waals surface area contributed by atoms with E-state index in [1.165, 1.54) is 12.1 Å². The van der Waals surface area contributed by atoms with Crippen LogP contribution in [-0.2, 0) is 21.2 Å². The smallest absolute Gasteiger partial charge is 0.180 e. The summed E-state index contributed by atoms with van der Waals surface area (Å²) in [7, 11) is -3.50. The number of piperidine rings is 1. The van der Waals surface area contributed by atoms with Gasteiger partial charge in [0.05, 0.1) is 33.6 Å². The normalized spacial score (nSPS) is 23.9. The molecule has 4 aliphatic rings. The number of ketones is 1. The van der Waals surface area contributed by atoms with Crippen LogP contribution >= 0.6 is 23.2 Å². The largest absolute Gasteiger partial charge is 0.373 e. The van der Waals surface area contributed by atoms with E-state index in [2.05, 4.69) is 10.1 Å². The number of ether oxygens (including phenoxy) is 1. The van der Waals surface area contributed by atoms with Gasteiger partial charge in [-0.05, 0) is 68.9 Å². The molecule has 0 spiro atoms. The highest BCUT2D eigenvalue weighted by atomic mass is 35.5. The number of sulfone groups is 1. The lowest BCUT2D eigenvalue weighted by atomic mass is 10.0. The Balaban J connectivity index is 1.03. The van der Waals surface area contributed by atoms with E-state index >= 15 is 0 Å². The van der Waals surface area contributed by atoms with Crippen LogP contribution in [0.15, 0.2) is 40.9 Å². The average molecular weight is 620 g/mol. The summed E-state index contributed by atoms with van der Waals surface area (Å²) in [6, 6.07) is 10.0. The molecule has 1 saturated heterocycles. The second-order valence-corrected chi connectivity index (χ2v) is 14.8. The summed E-state index contributed by atoms with van der Waals surface area (Å²) in [5.41, 5.74) is 2.70. The standard InChI is InChI=1S/C30H29Cl2FN2O5S/c31-23-2-1-3-24(32)28(23)29-22(30(40-34-29)16-4-5-16)14-39-27-12-19-10-17(27)13-35(19)18-6-9-21(25(33)11-18)26(36)15-41(37,38)20-7-8-20/h1-3,6,9,11,16-17,19-20,27H,4-5,7-8,10,12-15H2/t17-,19-,27+/m0/s1. The van der Waals surface area contributed by atoms with Crippen molar-refractivity contribution in [1.29, 1.82) is 0 Å². The molecule has 3 aromatic rings. The first-order chi connectivity index (χ1) is 19.7. The Morgan fingerprint density at radius 3 is 2.49 bits per heavy atom. The van der Waals surface area contributed by atoms with Crippen LogP contribution < -0.4 is 4.90 Å². The third-order valence-corrected chi connectivity index (χ3v) is 11.6. The molecule has 1 aliphatic heterocycles. The fraction of sp³-hybridized carbons (Fsp3) is 0.467. The molecule has 7 nitrogen and oxygen atoms in total. The zero-order valence-electron chi connectivity index (χ0n) is 22.2. The molecular formula is C30H29Cl2FN2O5S. The Kier molecular flexibility index (Phi) is 6.92. The Morgan fingerprint density at radius 2 is 1.85 bits per heavy atom. The van der Waals surface area contributed by atoms with Gasteiger partial charge in [-0.3, -0.25) is 4.79 Å². The van der Waals surface area contributed by atoms with Crippen LogP contribution in [0, 0.1) is 11.7 Å². The molecule has 2 aromatic carbocycles. The van der Waals surface area contributed by atoms with E-state index < -0.39 is 32.4 Å². The SMILES string of the molecule is O=C(CS(=O)(=O)C1CC1)c1ccc(N2C[C@@H]3C[C@H]2C[C@H]3OCc2c(-c3c(Cl)cccc3Cl)noc2C2CC2)cc1F. The summed E-state index contributed by atoms with van der Waals surface area (Å²) in [6.07, 6.45) is 5.02. The molecule has 3 saturated carbocycles. The zero-order valence-corrected chi connectivity index (χ0v) is 24.5. The molecule has 2 bridgehead atoms. The van der Waals surface area contributed by atoms with Gasteiger partial charge in [-0.15, -0.1) is 0 Å². The first-order valence-corrected chi connectivity index (χ1v) is 16.5. The van der Waals surface area contributed by atoms with Crippen molar-refractivity contribution in [2.24, 2.45) is 5.92 Å². The monoisotopic (exact) mass is 618 g/mol. The highest BCUT2D eigenvalue weighted by molar-refractivity contribution is 7.93. The van der Waals surface area contributed by atoms with Gasteiger partial charge in [-0.25, -0.2) is 12.8 Å². The fourth-order valence-corrected chi connectivity index (χ4v) is 8.57. The van der Waals surface area contributed by atoms with Gasteiger partial charge in [0.25, 0.3) is 0 Å². The van der Waals surface area contributed by atoms with Crippen LogP contribution in [-0.4, -0.2) is 49.1 Å². The quantitative estimate of drug-likeness (QED) is 0.236. The lowest BCUT2D eigenvalue weighted by molar-refractivity contribution is 0.0122. The minimum absolute atomic E-state index is 0.0334. The van der Waals surface area contributed by atoms with Gasteiger partial charge in [0.2, 0.25) is 0 Å². The average Bonchev–Trinajstić information content (AvgIpc) is 3.85. The van der Waals surface area contributed by atoms with E-state index in [4.69, 9.17) is 32.5 Å². The molecule has 0 amide bonds. The maximum atomic E-state index is 15.0. The van der Waals surface area contributed by atoms with Gasteiger partial charge in [0.1, 0.15) is 23.0 Å². The molecule has 0 N–H and O–H groups in total. The predicted molar refractivity (Wildman–Crippen MR) is 154 cm³/mol. The van der Waals surface area contributed by atoms with Crippen LogP contribution in [0.4, 0.5) is 10.1 Å². The first kappa shape index (κ1) is 27.4. The molecule has 1 aromatic heterocycles. The molecule has 4 fully saturated rings. The number of hydrogen-bond donors (Lipinski definition) is 0. The molecule has 216 valence electrons. The third-order valence-electron chi connectivity index (χ3n) is 8.83. The number of Topliss-reactive ketones (excluding diaryl/α,β-unsaturated/α-hetero) is 1. The lowest BCUT2D eigenvalue weighted by Gasteiger charge is -2.33. The van der Waals surface area contributed by atoms with Gasteiger partial charge >= 0.3 is 0 Å². The fourth-order valence-electron chi connectivity index (χ4n) is 6.38. The summed E-state index contributed by atoms with van der Waals surface area (Å²) >= 11 is 13.0. The van der Waals surface area contributed by atoms with Gasteiger partial charge in [0.15, 0.2) is 15.6 Å². The Morgan fingerprint density at radius 1 is 1.10 bits per heavy atom. The number of fused-ring (bicyclic) bond motifs is 2. The predicted octanol–water partition coefficient (Wildman–Crippen LogP) is 6.61. The summed E-state index contributed by atoms with van der Waals surface area (Å²) in [5.74, 6) is -0.555. The van der Waals surface area contributed by atoms with E-state index in [1.54, 1.807) is 24.3 Å². The van der Waals surface area contributed by atoms with E-state index in [0.717, 1.165) is 37.0 Å². The second kappa shape index (κ2) is 10.4. The van der Waals surface area contributed by atoms with E-state index in [0.29, 0.717) is 58.9 Å². The van der Waals surface area contributed by atoms with Gasteiger partial charge in [-0.1, -0.05) is 34.4 Å². The number of rotatable bonds is 10. The third kappa shape index (κ3) is 5.19. The van der Waals surface area contributed by atoms with Crippen LogP contribution in [0.3, 0.4) is 0 Å². The Bertz CT molecular complexity index is 1620. The topological polar surface area (TPSA) is 89.7 Å². The molecule has 7 rings (SSSR count). The van der Waals surface area contributed by atoms with Crippen molar-refractivity contribution in [3.8, 4) is 11.3 Å². The molecule has 0 radical (unpaired) electrons. The number of carbonyl (C=O) groups is 1. The second-order valence-electron chi connectivity index (χ2n) is 11.7. The minimum Gasteiger partial charge on any atom is -0.373 e. The first-order valence-electron chi connectivity index (χ1n) is 14.0. The number of benzene rings is 2. The summed E-state index contributed by atoms with van der Waals surface area (Å²) in [6.45, 7) is 1.05. The Hall–Kier alpha value is -2.46. The molecule has 2 heterocycles. The highest BCUT2D eigenvalue weighted by Gasteiger charge is 2.46. The molecular weight excluding hydrogens is 590 g/mol. The molecule has 41 heavy (non-hydrogen) atoms. The Labute approximate surface area is 247 Å². The maximum Gasteiger partial charge on any atom is 0.180 e. The molecule has 0 unspecified atom stereocenters. The number of carbonyl (C=O) groups excluding carboxylic acids is 1. The zero-order chi connectivity index (χ0) is 28.5. The number of aromatic nitrogens is 1. The van der Waals surface area contributed by atoms with Crippen molar-refractivity contribution in [1.82, 2.24) is 5.16 Å². The number of hydrogen-bond acceptors (Lipinski definition) is 7. The van der Waals surface area contributed by atoms with Crippen molar-refractivity contribution in [3.05, 3.63) is 69.1 Å². The minimum atomic E-state index is -3.50. The van der Waals surface area contributed by atoms with E-state index in [9.17, 15) is 17.6 Å². The van der Waals surface area contributed by atoms with Crippen molar-refractivity contribution >= 4 is 44.5 Å². The van der Waals surface area contributed by atoms with Crippen LogP contribution in [0.25, 0.3) is 11.3 Å². The molecule has 11 heteroatoms. The molecule has 3 atom stereocenters. The van der Waals surface area contributed by atoms with Crippen molar-refractivity contribution < 1.29 is 26.9 Å². The van der Waals surface area contributed by atoms with Crippen molar-refractivity contribution in [2.45, 2.75) is 68.4 Å². The van der Waals surface area contributed by atoms with Crippen LogP contribution in [0.2, 0.25) is 10.0 Å². The maximum absolute atomic E-state index is 15.0. The van der Waals surface area contributed by atoms with Gasteiger partial charge < -0.3 is 14.2 Å². The van der Waals surface area contributed by atoms with Crippen molar-refractivity contribution in [2.75, 3.05) is 17.2 Å². The number of anilines is 1. The van der Waals surface area contributed by atoms with Gasteiger partial charge in [-0.2, -0.15) is 0 Å². The van der Waals surface area contributed by atoms with Crippen LogP contribution in [0.5, 0.6) is 0 Å². The number of nitrogens with zero attached hydrogens (tertiary/aromatic N) is 2. The van der Waals surface area contributed by atoms with Gasteiger partial charge in [0, 0.05) is 41.2 Å². The lowest BCUT2D eigenvalue weighted by Crippen LogP contribution is -2.38. The van der Waals surface area contributed by atoms with E-state index in [-0.39, 0.29) is 23.6 Å². The van der Waals surface area contributed by atoms with Crippen molar-refractivity contribution in [3.63, 3.8) is 0 Å². The summed E-state index contributed by atoms with van der Waals surface area (Å²) in [5, 5.41) is 4.92. The highest BCUT2D eigenvalue weighted by Crippen LogP contribution is 2.47. The van der Waals surface area contributed by atoms with Crippen LogP contribution in [0.1, 0.15) is 66.1 Å². The summed E-state index contributed by atoms with van der Waals surface area (Å²) < 4.78 is 51.6. The number of halogens is 3. The molecule has 3 aliphatic carbocycles. The van der Waals surface area contributed by atoms with E-state index in [1.807, 2.05) is 0 Å².